The van der Waals surface area contributed by atoms with E-state index in [1.807, 2.05) is 36.6 Å². The van der Waals surface area contributed by atoms with Crippen molar-refractivity contribution in [2.24, 2.45) is 7.05 Å². The third kappa shape index (κ3) is 3.56. The molecule has 0 aliphatic carbocycles. The van der Waals surface area contributed by atoms with E-state index >= 15 is 0 Å². The molecule has 0 unspecified atom stereocenters. The molecule has 0 fully saturated rings. The molecule has 1 aromatic rings. The number of nitrogens with zero attached hydrogens (tertiary/aromatic N) is 3. The number of rotatable bonds is 6. The van der Waals surface area contributed by atoms with Gasteiger partial charge in [-0.3, -0.25) is 4.79 Å². The van der Waals surface area contributed by atoms with Gasteiger partial charge in [-0.15, -0.1) is 0 Å². The van der Waals surface area contributed by atoms with E-state index in [-0.39, 0.29) is 5.91 Å². The standard InChI is InChI=1S/C11H19N3OS/c1-4-14(5-2)10(15)6-9-16-11-12-7-8-13(11)3/h7-8H,4-6,9H2,1-3H3. The number of thioether (sulfide) groups is 1. The molecule has 0 aliphatic heterocycles. The quantitative estimate of drug-likeness (QED) is 0.712. The van der Waals surface area contributed by atoms with Crippen molar-refractivity contribution in [3.63, 3.8) is 0 Å². The first-order valence-corrected chi connectivity index (χ1v) is 6.55. The van der Waals surface area contributed by atoms with Crippen molar-refractivity contribution in [2.45, 2.75) is 25.4 Å². The molecule has 0 aromatic carbocycles. The summed E-state index contributed by atoms with van der Waals surface area (Å²) in [4.78, 5) is 17.8. The van der Waals surface area contributed by atoms with Crippen molar-refractivity contribution < 1.29 is 4.79 Å². The average molecular weight is 241 g/mol. The van der Waals surface area contributed by atoms with Gasteiger partial charge in [-0.25, -0.2) is 4.98 Å². The predicted octanol–water partition coefficient (Wildman–Crippen LogP) is 1.77. The monoisotopic (exact) mass is 241 g/mol. The van der Waals surface area contributed by atoms with Crippen LogP contribution in [-0.2, 0) is 11.8 Å². The van der Waals surface area contributed by atoms with Gasteiger partial charge in [-0.2, -0.15) is 0 Å². The number of carbonyl (C=O) groups is 1. The Hall–Kier alpha value is -0.970. The lowest BCUT2D eigenvalue weighted by Crippen LogP contribution is -2.30. The van der Waals surface area contributed by atoms with Gasteiger partial charge in [0, 0.05) is 44.7 Å². The van der Waals surface area contributed by atoms with E-state index in [1.165, 1.54) is 0 Å². The molecule has 0 bridgehead atoms. The smallest absolute Gasteiger partial charge is 0.223 e. The summed E-state index contributed by atoms with van der Waals surface area (Å²) in [5.74, 6) is 1.02. The van der Waals surface area contributed by atoms with Gasteiger partial charge in [0.1, 0.15) is 0 Å². The molecular formula is C11H19N3OS. The second kappa shape index (κ2) is 6.58. The lowest BCUT2D eigenvalue weighted by molar-refractivity contribution is -0.130. The van der Waals surface area contributed by atoms with Gasteiger partial charge < -0.3 is 9.47 Å². The van der Waals surface area contributed by atoms with E-state index in [9.17, 15) is 4.79 Å². The van der Waals surface area contributed by atoms with Crippen molar-refractivity contribution in [2.75, 3.05) is 18.8 Å². The van der Waals surface area contributed by atoms with Crippen LogP contribution in [-0.4, -0.2) is 39.2 Å². The minimum absolute atomic E-state index is 0.228. The molecule has 1 heterocycles. The molecular weight excluding hydrogens is 222 g/mol. The minimum Gasteiger partial charge on any atom is -0.343 e. The Kier molecular flexibility index (Phi) is 5.38. The molecule has 1 aromatic heterocycles. The van der Waals surface area contributed by atoms with Crippen molar-refractivity contribution in [1.82, 2.24) is 14.5 Å². The lowest BCUT2D eigenvalue weighted by Gasteiger charge is -2.18. The Balaban J connectivity index is 2.30. The molecule has 0 N–H and O–H groups in total. The third-order valence-corrected chi connectivity index (χ3v) is 3.50. The van der Waals surface area contributed by atoms with Crippen LogP contribution in [0.3, 0.4) is 0 Å². The van der Waals surface area contributed by atoms with Gasteiger partial charge in [0.25, 0.3) is 0 Å². The van der Waals surface area contributed by atoms with Crippen molar-refractivity contribution >= 4 is 17.7 Å². The summed E-state index contributed by atoms with van der Waals surface area (Å²) in [5, 5.41) is 0.965. The highest BCUT2D eigenvalue weighted by Gasteiger charge is 2.09. The first-order chi connectivity index (χ1) is 7.69. The molecule has 16 heavy (non-hydrogen) atoms. The molecule has 1 amide bonds. The molecule has 90 valence electrons. The molecule has 4 nitrogen and oxygen atoms in total. The van der Waals surface area contributed by atoms with E-state index in [2.05, 4.69) is 4.98 Å². The molecule has 5 heteroatoms. The van der Waals surface area contributed by atoms with Gasteiger partial charge in [-0.1, -0.05) is 11.8 Å². The third-order valence-electron chi connectivity index (χ3n) is 2.44. The molecule has 0 radical (unpaired) electrons. The highest BCUT2D eigenvalue weighted by molar-refractivity contribution is 7.99. The molecule has 0 aliphatic rings. The number of amides is 1. The average Bonchev–Trinajstić information content (AvgIpc) is 2.66. The largest absolute Gasteiger partial charge is 0.343 e. The Morgan fingerprint density at radius 3 is 2.69 bits per heavy atom. The van der Waals surface area contributed by atoms with Crippen LogP contribution >= 0.6 is 11.8 Å². The fourth-order valence-corrected chi connectivity index (χ4v) is 2.31. The SMILES string of the molecule is CCN(CC)C(=O)CCSc1nccn1C. The first-order valence-electron chi connectivity index (χ1n) is 5.56. The maximum Gasteiger partial charge on any atom is 0.223 e. The van der Waals surface area contributed by atoms with Crippen molar-refractivity contribution in [3.8, 4) is 0 Å². The number of carbonyl (C=O) groups excluding carboxylic acids is 1. The summed E-state index contributed by atoms with van der Waals surface area (Å²) in [6.07, 6.45) is 4.27. The zero-order valence-corrected chi connectivity index (χ0v) is 11.0. The topological polar surface area (TPSA) is 38.1 Å². The van der Waals surface area contributed by atoms with Crippen LogP contribution in [0.15, 0.2) is 17.6 Å². The maximum absolute atomic E-state index is 11.7. The van der Waals surface area contributed by atoms with E-state index in [0.717, 1.165) is 24.0 Å². The van der Waals surface area contributed by atoms with Gasteiger partial charge in [0.2, 0.25) is 5.91 Å². The maximum atomic E-state index is 11.7. The summed E-state index contributed by atoms with van der Waals surface area (Å²) < 4.78 is 1.96. The predicted molar refractivity (Wildman–Crippen MR) is 66.5 cm³/mol. The van der Waals surface area contributed by atoms with E-state index in [4.69, 9.17) is 0 Å². The summed E-state index contributed by atoms with van der Waals surface area (Å²) in [6.45, 7) is 5.60. The van der Waals surface area contributed by atoms with Crippen LogP contribution in [0.1, 0.15) is 20.3 Å². The highest BCUT2D eigenvalue weighted by Crippen LogP contribution is 2.15. The van der Waals surface area contributed by atoms with Crippen LogP contribution in [0.25, 0.3) is 0 Å². The molecule has 0 spiro atoms. The molecule has 1 rings (SSSR count). The fraction of sp³-hybridized carbons (Fsp3) is 0.636. The van der Waals surface area contributed by atoms with E-state index in [1.54, 1.807) is 18.0 Å². The number of imidazole rings is 1. The van der Waals surface area contributed by atoms with Crippen molar-refractivity contribution in [1.29, 1.82) is 0 Å². The molecule has 0 saturated heterocycles. The van der Waals surface area contributed by atoms with Crippen LogP contribution in [0.5, 0.6) is 0 Å². The van der Waals surface area contributed by atoms with Crippen LogP contribution in [0.2, 0.25) is 0 Å². The number of aryl methyl sites for hydroxylation is 1. The fourth-order valence-electron chi connectivity index (χ4n) is 1.46. The summed E-state index contributed by atoms with van der Waals surface area (Å²) in [6, 6.07) is 0. The van der Waals surface area contributed by atoms with Crippen LogP contribution in [0, 0.1) is 0 Å². The lowest BCUT2D eigenvalue weighted by atomic mass is 10.4. The number of hydrogen-bond donors (Lipinski definition) is 0. The molecule has 0 atom stereocenters. The van der Waals surface area contributed by atoms with Crippen LogP contribution in [0.4, 0.5) is 0 Å². The zero-order valence-electron chi connectivity index (χ0n) is 10.1. The van der Waals surface area contributed by atoms with Gasteiger partial charge in [0.05, 0.1) is 0 Å². The second-order valence-corrected chi connectivity index (χ2v) is 4.55. The Bertz CT molecular complexity index is 334. The van der Waals surface area contributed by atoms with Gasteiger partial charge >= 0.3 is 0 Å². The summed E-state index contributed by atoms with van der Waals surface area (Å²) in [7, 11) is 1.96. The number of hydrogen-bond acceptors (Lipinski definition) is 3. The number of aromatic nitrogens is 2. The summed E-state index contributed by atoms with van der Waals surface area (Å²) >= 11 is 1.62. The Morgan fingerprint density at radius 2 is 2.19 bits per heavy atom. The van der Waals surface area contributed by atoms with E-state index < -0.39 is 0 Å². The van der Waals surface area contributed by atoms with Crippen molar-refractivity contribution in [3.05, 3.63) is 12.4 Å². The second-order valence-electron chi connectivity index (χ2n) is 3.49. The minimum atomic E-state index is 0.228. The highest BCUT2D eigenvalue weighted by atomic mass is 32.2. The van der Waals surface area contributed by atoms with Gasteiger partial charge in [0.15, 0.2) is 5.16 Å². The zero-order chi connectivity index (χ0) is 12.0. The Morgan fingerprint density at radius 1 is 1.50 bits per heavy atom. The summed E-state index contributed by atoms with van der Waals surface area (Å²) in [5.41, 5.74) is 0. The first kappa shape index (κ1) is 13.1. The Labute approximate surface area is 101 Å². The van der Waals surface area contributed by atoms with Crippen LogP contribution < -0.4 is 0 Å². The van der Waals surface area contributed by atoms with E-state index in [0.29, 0.717) is 6.42 Å². The normalized spacial score (nSPS) is 10.4. The molecule has 0 saturated carbocycles. The van der Waals surface area contributed by atoms with Gasteiger partial charge in [-0.05, 0) is 13.8 Å².